The summed E-state index contributed by atoms with van der Waals surface area (Å²) < 4.78 is 3.42. The molecule has 0 N–H and O–H groups in total. The molecular weight excluding hydrogens is 544 g/mol. The molecule has 43 heavy (non-hydrogen) atoms. The van der Waals surface area contributed by atoms with Crippen molar-refractivity contribution in [1.82, 2.24) is 0 Å². The SMILES string of the molecule is CCCCCCCCCCCCCCCC[N+](C)(C)C.CCCCCCCCCCCCCCCC[n+]1ccccc1.Cl. The Morgan fingerprint density at radius 2 is 0.651 bits per heavy atom. The van der Waals surface area contributed by atoms with E-state index >= 15 is 0 Å². The third kappa shape index (κ3) is 39.4. The zero-order valence-electron chi connectivity index (χ0n) is 30.4. The summed E-state index contributed by atoms with van der Waals surface area (Å²) in [5.41, 5.74) is 0. The number of halogens is 1. The highest BCUT2D eigenvalue weighted by molar-refractivity contribution is 5.85. The molecule has 1 rings (SSSR count). The van der Waals surface area contributed by atoms with Gasteiger partial charge in [0, 0.05) is 18.6 Å². The summed E-state index contributed by atoms with van der Waals surface area (Å²) in [5, 5.41) is 0. The van der Waals surface area contributed by atoms with E-state index in [4.69, 9.17) is 0 Å². The van der Waals surface area contributed by atoms with Crippen LogP contribution in [-0.2, 0) is 6.54 Å². The third-order valence-electron chi connectivity index (χ3n) is 8.73. The van der Waals surface area contributed by atoms with E-state index in [1.165, 1.54) is 193 Å². The molecule has 0 aliphatic carbocycles. The molecule has 0 saturated heterocycles. The van der Waals surface area contributed by atoms with E-state index in [1.807, 2.05) is 0 Å². The van der Waals surface area contributed by atoms with Gasteiger partial charge in [-0.25, -0.2) is 4.57 Å². The lowest BCUT2D eigenvalue weighted by molar-refractivity contribution is -0.870. The first-order valence-corrected chi connectivity index (χ1v) is 19.2. The molecule has 1 aromatic heterocycles. The van der Waals surface area contributed by atoms with Crippen molar-refractivity contribution in [2.45, 2.75) is 200 Å². The number of rotatable bonds is 30. The minimum absolute atomic E-state index is 0. The number of quaternary nitrogens is 1. The maximum absolute atomic E-state index is 2.29. The molecule has 1 heterocycles. The van der Waals surface area contributed by atoms with Crippen molar-refractivity contribution in [3.8, 4) is 0 Å². The maximum atomic E-state index is 2.29. The van der Waals surface area contributed by atoms with Crippen LogP contribution in [0.15, 0.2) is 30.6 Å². The molecule has 0 radical (unpaired) electrons. The van der Waals surface area contributed by atoms with Crippen LogP contribution in [0, 0.1) is 0 Å². The van der Waals surface area contributed by atoms with E-state index in [2.05, 4.69) is 70.2 Å². The van der Waals surface area contributed by atoms with Crippen molar-refractivity contribution in [2.24, 2.45) is 0 Å². The summed E-state index contributed by atoms with van der Waals surface area (Å²) in [6, 6.07) is 6.31. The number of aryl methyl sites for hydroxylation is 1. The van der Waals surface area contributed by atoms with Crippen molar-refractivity contribution >= 4 is 12.4 Å². The molecule has 0 fully saturated rings. The van der Waals surface area contributed by atoms with Crippen LogP contribution in [0.3, 0.4) is 0 Å². The van der Waals surface area contributed by atoms with E-state index < -0.39 is 0 Å². The fourth-order valence-corrected chi connectivity index (χ4v) is 5.85. The predicted octanol–water partition coefficient (Wildman–Crippen LogP) is 13.1. The molecule has 2 nitrogen and oxygen atoms in total. The molecule has 3 heteroatoms. The number of hydrogen-bond donors (Lipinski definition) is 0. The quantitative estimate of drug-likeness (QED) is 0.0455. The van der Waals surface area contributed by atoms with Crippen molar-refractivity contribution in [3.63, 3.8) is 0 Å². The highest BCUT2D eigenvalue weighted by Gasteiger charge is 2.05. The van der Waals surface area contributed by atoms with Gasteiger partial charge in [0.1, 0.15) is 6.54 Å². The first kappa shape index (κ1) is 44.5. The lowest BCUT2D eigenvalue weighted by Crippen LogP contribution is -2.35. The Bertz CT molecular complexity index is 613. The smallest absolute Gasteiger partial charge is 0.168 e. The van der Waals surface area contributed by atoms with E-state index in [9.17, 15) is 0 Å². The average Bonchev–Trinajstić information content (AvgIpc) is 2.98. The van der Waals surface area contributed by atoms with Gasteiger partial charge in [-0.3, -0.25) is 0 Å². The van der Waals surface area contributed by atoms with Crippen LogP contribution in [0.25, 0.3) is 0 Å². The van der Waals surface area contributed by atoms with E-state index in [0.29, 0.717) is 0 Å². The molecule has 1 aromatic rings. The third-order valence-corrected chi connectivity index (χ3v) is 8.73. The number of hydrogen-bond acceptors (Lipinski definition) is 0. The summed E-state index contributed by atoms with van der Waals surface area (Å²) in [6.45, 7) is 7.10. The van der Waals surface area contributed by atoms with Crippen LogP contribution >= 0.6 is 12.4 Å². The van der Waals surface area contributed by atoms with E-state index in [0.717, 1.165) is 4.48 Å². The lowest BCUT2D eigenvalue weighted by atomic mass is 10.0. The molecule has 0 aromatic carbocycles. The van der Waals surface area contributed by atoms with Crippen LogP contribution in [0.4, 0.5) is 0 Å². The van der Waals surface area contributed by atoms with Gasteiger partial charge in [0.05, 0.1) is 27.7 Å². The van der Waals surface area contributed by atoms with Gasteiger partial charge in [0.25, 0.3) is 0 Å². The van der Waals surface area contributed by atoms with Crippen LogP contribution in [0.5, 0.6) is 0 Å². The number of unbranched alkanes of at least 4 members (excludes halogenated alkanes) is 26. The van der Waals surface area contributed by atoms with Crippen LogP contribution in [0.1, 0.15) is 194 Å². The topological polar surface area (TPSA) is 3.88 Å². The second kappa shape index (κ2) is 35.9. The average molecular weight is 626 g/mol. The number of nitrogens with zero attached hydrogens (tertiary/aromatic N) is 2. The summed E-state index contributed by atoms with van der Waals surface area (Å²) in [6.07, 6.45) is 44.8. The fourth-order valence-electron chi connectivity index (χ4n) is 5.85. The Morgan fingerprint density at radius 3 is 0.953 bits per heavy atom. The fraction of sp³-hybridized carbons (Fsp3) is 0.875. The highest BCUT2D eigenvalue weighted by Crippen LogP contribution is 2.14. The Labute approximate surface area is 279 Å². The Balaban J connectivity index is 0. The largest absolute Gasteiger partial charge is 0.331 e. The molecule has 0 amide bonds. The van der Waals surface area contributed by atoms with Gasteiger partial charge >= 0.3 is 0 Å². The van der Waals surface area contributed by atoms with Gasteiger partial charge in [-0.15, -0.1) is 12.4 Å². The van der Waals surface area contributed by atoms with Gasteiger partial charge in [0.15, 0.2) is 12.4 Å². The second-order valence-electron chi connectivity index (χ2n) is 14.3. The Morgan fingerprint density at radius 1 is 0.372 bits per heavy atom. The maximum Gasteiger partial charge on any atom is 0.168 e. The van der Waals surface area contributed by atoms with Gasteiger partial charge < -0.3 is 4.48 Å². The minimum Gasteiger partial charge on any atom is -0.331 e. The molecule has 0 aliphatic heterocycles. The van der Waals surface area contributed by atoms with Crippen molar-refractivity contribution < 1.29 is 9.05 Å². The summed E-state index contributed by atoms with van der Waals surface area (Å²) in [5.74, 6) is 0. The van der Waals surface area contributed by atoms with Crippen LogP contribution in [-0.4, -0.2) is 32.2 Å². The standard InChI is InChI=1S/C21H38N.C19H42N.ClH/c1-2-3-4-5-6-7-8-9-10-11-12-13-14-16-19-22-20-17-15-18-21-22;1-5-6-7-8-9-10-11-12-13-14-15-16-17-18-19-20(2,3)4;/h15,17-18,20-21H,2-14,16,19H2,1H3;5-19H2,1-4H3;1H/q2*+1;. The Kier molecular flexibility index (Phi) is 37.1. The zero-order chi connectivity index (χ0) is 30.8. The molecule has 0 unspecified atom stereocenters. The van der Waals surface area contributed by atoms with Crippen molar-refractivity contribution in [1.29, 1.82) is 0 Å². The summed E-state index contributed by atoms with van der Waals surface area (Å²) >= 11 is 0. The second-order valence-corrected chi connectivity index (χ2v) is 14.3. The molecule has 0 atom stereocenters. The van der Waals surface area contributed by atoms with Crippen molar-refractivity contribution in [3.05, 3.63) is 30.6 Å². The molecule has 256 valence electrons. The summed E-state index contributed by atoms with van der Waals surface area (Å²) in [7, 11) is 6.88. The molecule has 0 spiro atoms. The zero-order valence-corrected chi connectivity index (χ0v) is 31.2. The predicted molar refractivity (Wildman–Crippen MR) is 197 cm³/mol. The van der Waals surface area contributed by atoms with Gasteiger partial charge in [-0.2, -0.15) is 0 Å². The van der Waals surface area contributed by atoms with Gasteiger partial charge in [-0.05, 0) is 19.3 Å². The Hall–Kier alpha value is -0.600. The minimum atomic E-state index is 0. The van der Waals surface area contributed by atoms with E-state index in [-0.39, 0.29) is 12.4 Å². The first-order chi connectivity index (χ1) is 20.5. The summed E-state index contributed by atoms with van der Waals surface area (Å²) in [4.78, 5) is 0. The van der Waals surface area contributed by atoms with Gasteiger partial charge in [0.2, 0.25) is 0 Å². The molecule has 0 saturated carbocycles. The van der Waals surface area contributed by atoms with Gasteiger partial charge in [-0.1, -0.05) is 174 Å². The van der Waals surface area contributed by atoms with Crippen molar-refractivity contribution in [2.75, 3.05) is 27.7 Å². The highest BCUT2D eigenvalue weighted by atomic mass is 35.5. The molecular formula is C40H81ClN2+2. The molecule has 0 bridgehead atoms. The van der Waals surface area contributed by atoms with Crippen LogP contribution in [0.2, 0.25) is 0 Å². The molecule has 0 aliphatic rings. The lowest BCUT2D eigenvalue weighted by Gasteiger charge is -2.23. The van der Waals surface area contributed by atoms with E-state index in [1.54, 1.807) is 0 Å². The normalized spacial score (nSPS) is 11.2. The number of pyridine rings is 1. The monoisotopic (exact) mass is 625 g/mol. The number of aromatic nitrogens is 1. The first-order valence-electron chi connectivity index (χ1n) is 19.2. The van der Waals surface area contributed by atoms with Crippen LogP contribution < -0.4 is 4.57 Å².